The third kappa shape index (κ3) is 5.14. The molecule has 0 amide bonds. The largest absolute Gasteiger partial charge is 0.314 e. The summed E-state index contributed by atoms with van der Waals surface area (Å²) in [5, 5.41) is 5.38. The summed E-state index contributed by atoms with van der Waals surface area (Å²) in [6.07, 6.45) is 4.24. The molecule has 21 heavy (non-hydrogen) atoms. The van der Waals surface area contributed by atoms with Crippen molar-refractivity contribution in [3.8, 4) is 0 Å². The van der Waals surface area contributed by atoms with E-state index in [2.05, 4.69) is 56.6 Å². The van der Waals surface area contributed by atoms with Crippen molar-refractivity contribution in [2.75, 3.05) is 26.2 Å². The standard InChI is InChI=1S/C18H36N2S/c1-6-19-18-8-7-16(13(2)3)9-17(18)12-20-10-14(4)21-15(5)11-20/h13-19H,6-12H2,1-5H3. The highest BCUT2D eigenvalue weighted by atomic mass is 32.2. The van der Waals surface area contributed by atoms with Gasteiger partial charge in [-0.05, 0) is 43.6 Å². The van der Waals surface area contributed by atoms with Gasteiger partial charge in [0.15, 0.2) is 0 Å². The van der Waals surface area contributed by atoms with Crippen molar-refractivity contribution in [1.82, 2.24) is 10.2 Å². The minimum Gasteiger partial charge on any atom is -0.314 e. The molecule has 2 nitrogen and oxygen atoms in total. The van der Waals surface area contributed by atoms with Gasteiger partial charge in [0.05, 0.1) is 0 Å². The van der Waals surface area contributed by atoms with Crippen LogP contribution in [-0.4, -0.2) is 47.6 Å². The van der Waals surface area contributed by atoms with E-state index in [4.69, 9.17) is 0 Å². The average Bonchev–Trinajstić information content (AvgIpc) is 2.39. The molecule has 1 aliphatic carbocycles. The second kappa shape index (κ2) is 8.21. The van der Waals surface area contributed by atoms with Crippen LogP contribution >= 0.6 is 11.8 Å². The monoisotopic (exact) mass is 312 g/mol. The molecular formula is C18H36N2S. The Balaban J connectivity index is 1.95. The molecule has 3 heteroatoms. The van der Waals surface area contributed by atoms with Crippen LogP contribution in [0.15, 0.2) is 0 Å². The van der Waals surface area contributed by atoms with Crippen molar-refractivity contribution in [3.63, 3.8) is 0 Å². The van der Waals surface area contributed by atoms with Crippen LogP contribution in [0.2, 0.25) is 0 Å². The molecule has 1 saturated heterocycles. The molecule has 2 rings (SSSR count). The topological polar surface area (TPSA) is 15.3 Å². The Bertz CT molecular complexity index is 298. The molecule has 5 unspecified atom stereocenters. The SMILES string of the molecule is CCNC1CCC(C(C)C)CC1CN1CC(C)SC(C)C1. The Kier molecular flexibility index (Phi) is 6.89. The molecule has 1 aliphatic heterocycles. The van der Waals surface area contributed by atoms with Crippen LogP contribution in [0, 0.1) is 17.8 Å². The van der Waals surface area contributed by atoms with Crippen LogP contribution in [0.25, 0.3) is 0 Å². The molecule has 5 atom stereocenters. The fourth-order valence-electron chi connectivity index (χ4n) is 4.40. The van der Waals surface area contributed by atoms with Gasteiger partial charge in [-0.3, -0.25) is 0 Å². The minimum absolute atomic E-state index is 0.755. The molecule has 0 bridgehead atoms. The summed E-state index contributed by atoms with van der Waals surface area (Å²) in [5.41, 5.74) is 0. The van der Waals surface area contributed by atoms with Gasteiger partial charge in [-0.2, -0.15) is 11.8 Å². The lowest BCUT2D eigenvalue weighted by molar-refractivity contribution is 0.121. The first-order valence-electron chi connectivity index (χ1n) is 9.10. The highest BCUT2D eigenvalue weighted by Crippen LogP contribution is 2.35. The molecule has 2 fully saturated rings. The molecule has 1 heterocycles. The molecule has 0 radical (unpaired) electrons. The van der Waals surface area contributed by atoms with Gasteiger partial charge in [0, 0.05) is 36.2 Å². The van der Waals surface area contributed by atoms with E-state index in [1.54, 1.807) is 0 Å². The zero-order chi connectivity index (χ0) is 15.4. The summed E-state index contributed by atoms with van der Waals surface area (Å²) < 4.78 is 0. The fourth-order valence-corrected chi connectivity index (χ4v) is 5.79. The lowest BCUT2D eigenvalue weighted by Gasteiger charge is -2.43. The van der Waals surface area contributed by atoms with Crippen molar-refractivity contribution in [1.29, 1.82) is 0 Å². The summed E-state index contributed by atoms with van der Waals surface area (Å²) >= 11 is 2.17. The van der Waals surface area contributed by atoms with Crippen molar-refractivity contribution >= 4 is 11.8 Å². The van der Waals surface area contributed by atoms with Crippen molar-refractivity contribution in [2.45, 2.75) is 70.4 Å². The van der Waals surface area contributed by atoms with Crippen molar-refractivity contribution in [3.05, 3.63) is 0 Å². The summed E-state index contributed by atoms with van der Waals surface area (Å²) in [7, 11) is 0. The Morgan fingerprint density at radius 3 is 2.38 bits per heavy atom. The van der Waals surface area contributed by atoms with E-state index < -0.39 is 0 Å². The number of nitrogens with one attached hydrogen (secondary N) is 1. The van der Waals surface area contributed by atoms with Gasteiger partial charge in [0.2, 0.25) is 0 Å². The van der Waals surface area contributed by atoms with E-state index >= 15 is 0 Å². The van der Waals surface area contributed by atoms with Crippen LogP contribution in [0.4, 0.5) is 0 Å². The van der Waals surface area contributed by atoms with Gasteiger partial charge in [-0.15, -0.1) is 0 Å². The summed E-state index contributed by atoms with van der Waals surface area (Å²) in [5.74, 6) is 2.65. The van der Waals surface area contributed by atoms with Gasteiger partial charge in [0.1, 0.15) is 0 Å². The van der Waals surface area contributed by atoms with Gasteiger partial charge in [0.25, 0.3) is 0 Å². The van der Waals surface area contributed by atoms with E-state index in [0.717, 1.165) is 40.8 Å². The maximum atomic E-state index is 3.77. The van der Waals surface area contributed by atoms with Crippen molar-refractivity contribution < 1.29 is 0 Å². The van der Waals surface area contributed by atoms with Gasteiger partial charge in [-0.25, -0.2) is 0 Å². The predicted molar refractivity (Wildman–Crippen MR) is 96.1 cm³/mol. The Morgan fingerprint density at radius 1 is 1.14 bits per heavy atom. The molecular weight excluding hydrogens is 276 g/mol. The Labute approximate surface area is 136 Å². The van der Waals surface area contributed by atoms with Crippen LogP contribution in [0.3, 0.4) is 0 Å². The molecule has 1 saturated carbocycles. The predicted octanol–water partition coefficient (Wildman–Crippen LogP) is 3.86. The maximum Gasteiger partial charge on any atom is 0.0149 e. The number of rotatable bonds is 5. The third-order valence-corrected chi connectivity index (χ3v) is 6.65. The molecule has 1 N–H and O–H groups in total. The van der Waals surface area contributed by atoms with E-state index in [1.165, 1.54) is 38.9 Å². The van der Waals surface area contributed by atoms with Crippen LogP contribution in [0.5, 0.6) is 0 Å². The zero-order valence-corrected chi connectivity index (χ0v) is 15.6. The zero-order valence-electron chi connectivity index (χ0n) is 14.8. The molecule has 0 aromatic rings. The van der Waals surface area contributed by atoms with E-state index in [-0.39, 0.29) is 0 Å². The Morgan fingerprint density at radius 2 is 1.81 bits per heavy atom. The van der Waals surface area contributed by atoms with Crippen LogP contribution in [0.1, 0.15) is 53.9 Å². The average molecular weight is 313 g/mol. The number of hydrogen-bond acceptors (Lipinski definition) is 3. The normalized spacial score (nSPS) is 38.9. The molecule has 0 spiro atoms. The molecule has 2 aliphatic rings. The summed E-state index contributed by atoms with van der Waals surface area (Å²) in [6, 6.07) is 0.755. The van der Waals surface area contributed by atoms with Gasteiger partial charge in [-0.1, -0.05) is 34.6 Å². The van der Waals surface area contributed by atoms with E-state index in [9.17, 15) is 0 Å². The van der Waals surface area contributed by atoms with Crippen LogP contribution < -0.4 is 5.32 Å². The van der Waals surface area contributed by atoms with Crippen LogP contribution in [-0.2, 0) is 0 Å². The third-order valence-electron chi connectivity index (χ3n) is 5.42. The highest BCUT2D eigenvalue weighted by molar-refractivity contribution is 8.00. The van der Waals surface area contributed by atoms with Gasteiger partial charge < -0.3 is 10.2 Å². The second-order valence-corrected chi connectivity index (χ2v) is 9.60. The molecule has 124 valence electrons. The molecule has 0 aromatic heterocycles. The first-order valence-corrected chi connectivity index (χ1v) is 10.0. The van der Waals surface area contributed by atoms with Crippen molar-refractivity contribution in [2.24, 2.45) is 17.8 Å². The highest BCUT2D eigenvalue weighted by Gasteiger charge is 2.33. The second-order valence-electron chi connectivity index (χ2n) is 7.72. The fraction of sp³-hybridized carbons (Fsp3) is 1.00. The quantitative estimate of drug-likeness (QED) is 0.830. The minimum atomic E-state index is 0.755. The number of nitrogens with zero attached hydrogens (tertiary/aromatic N) is 1. The molecule has 0 aromatic carbocycles. The van der Waals surface area contributed by atoms with E-state index in [1.807, 2.05) is 0 Å². The lowest BCUT2D eigenvalue weighted by atomic mass is 9.73. The Hall–Kier alpha value is 0.270. The smallest absolute Gasteiger partial charge is 0.0149 e. The summed E-state index contributed by atoms with van der Waals surface area (Å²) in [4.78, 5) is 2.75. The van der Waals surface area contributed by atoms with E-state index in [0.29, 0.717) is 0 Å². The first-order chi connectivity index (χ1) is 9.99. The number of thioether (sulfide) groups is 1. The maximum absolute atomic E-state index is 3.77. The summed E-state index contributed by atoms with van der Waals surface area (Å²) in [6.45, 7) is 16.9. The first kappa shape index (κ1) is 17.6. The lowest BCUT2D eigenvalue weighted by Crippen LogP contribution is -2.49. The number of hydrogen-bond donors (Lipinski definition) is 1. The van der Waals surface area contributed by atoms with Gasteiger partial charge >= 0.3 is 0 Å².